The van der Waals surface area contributed by atoms with E-state index in [4.69, 9.17) is 5.73 Å². The molecule has 0 bridgehead atoms. The number of hydrogen-bond acceptors (Lipinski definition) is 5. The molecule has 4 N–H and O–H groups in total. The second kappa shape index (κ2) is 7.97. The highest BCUT2D eigenvalue weighted by molar-refractivity contribution is 5.94. The van der Waals surface area contributed by atoms with Crippen molar-refractivity contribution in [1.82, 2.24) is 14.8 Å². The average molecular weight is 357 g/mol. The Balaban J connectivity index is 1.65. The predicted octanol–water partition coefficient (Wildman–Crippen LogP) is 2.07. The van der Waals surface area contributed by atoms with E-state index >= 15 is 0 Å². The van der Waals surface area contributed by atoms with Crippen LogP contribution in [0.25, 0.3) is 11.3 Å². The van der Waals surface area contributed by atoms with E-state index in [1.165, 1.54) is 0 Å². The van der Waals surface area contributed by atoms with Crippen molar-refractivity contribution in [3.8, 4) is 11.3 Å². The van der Waals surface area contributed by atoms with Crippen LogP contribution in [0.1, 0.15) is 38.2 Å². The minimum absolute atomic E-state index is 0.0868. The summed E-state index contributed by atoms with van der Waals surface area (Å²) in [5.41, 5.74) is 8.55. The lowest BCUT2D eigenvalue weighted by Gasteiger charge is -2.29. The van der Waals surface area contributed by atoms with Gasteiger partial charge in [-0.25, -0.2) is 4.98 Å². The average Bonchev–Trinajstić information content (AvgIpc) is 3.03. The molecule has 1 aliphatic carbocycles. The van der Waals surface area contributed by atoms with Crippen molar-refractivity contribution in [2.24, 2.45) is 24.6 Å². The topological polar surface area (TPSA) is 106 Å². The Morgan fingerprint density at radius 3 is 2.69 bits per heavy atom. The molecule has 0 aliphatic heterocycles. The molecule has 2 aromatic heterocycles. The number of hydrogen-bond donors (Lipinski definition) is 3. The summed E-state index contributed by atoms with van der Waals surface area (Å²) < 4.78 is 1.70. The summed E-state index contributed by atoms with van der Waals surface area (Å²) in [7, 11) is 1.81. The first-order valence-corrected chi connectivity index (χ1v) is 9.14. The van der Waals surface area contributed by atoms with E-state index in [1.807, 2.05) is 13.1 Å². The maximum absolute atomic E-state index is 12.4. The van der Waals surface area contributed by atoms with Crippen molar-refractivity contribution < 1.29 is 9.90 Å². The van der Waals surface area contributed by atoms with Crippen LogP contribution in [0.15, 0.2) is 24.5 Å². The summed E-state index contributed by atoms with van der Waals surface area (Å²) >= 11 is 0. The number of amides is 1. The van der Waals surface area contributed by atoms with Crippen LogP contribution in [0.3, 0.4) is 0 Å². The van der Waals surface area contributed by atoms with Gasteiger partial charge in [0, 0.05) is 24.4 Å². The van der Waals surface area contributed by atoms with Gasteiger partial charge < -0.3 is 16.2 Å². The zero-order valence-corrected chi connectivity index (χ0v) is 15.4. The Bertz CT molecular complexity index is 748. The first kappa shape index (κ1) is 18.5. The molecule has 1 saturated carbocycles. The molecule has 1 fully saturated rings. The van der Waals surface area contributed by atoms with Gasteiger partial charge in [0.05, 0.1) is 24.5 Å². The zero-order valence-electron chi connectivity index (χ0n) is 15.4. The van der Waals surface area contributed by atoms with Gasteiger partial charge >= 0.3 is 0 Å². The fourth-order valence-electron chi connectivity index (χ4n) is 3.65. The Labute approximate surface area is 153 Å². The van der Waals surface area contributed by atoms with Crippen LogP contribution in [0, 0.1) is 11.8 Å². The molecular weight excluding hydrogens is 330 g/mol. The van der Waals surface area contributed by atoms with Crippen LogP contribution in [-0.4, -0.2) is 31.8 Å². The SMILES string of the molecule is CC1CCC(C(N)C(=O)Nc2ccc(-c3c(CO)cnn3C)cn2)CC1. The first-order valence-electron chi connectivity index (χ1n) is 9.14. The largest absolute Gasteiger partial charge is 0.392 e. The molecule has 3 rings (SSSR count). The summed E-state index contributed by atoms with van der Waals surface area (Å²) in [6, 6.07) is 3.10. The number of aliphatic hydroxyl groups excluding tert-OH is 1. The molecule has 1 atom stereocenters. The quantitative estimate of drug-likeness (QED) is 0.759. The number of carbonyl (C=O) groups is 1. The number of carbonyl (C=O) groups excluding carboxylic acids is 1. The van der Waals surface area contributed by atoms with E-state index in [0.717, 1.165) is 48.4 Å². The predicted molar refractivity (Wildman–Crippen MR) is 100 cm³/mol. The van der Waals surface area contributed by atoms with Gasteiger partial charge in [0.1, 0.15) is 5.82 Å². The van der Waals surface area contributed by atoms with Gasteiger partial charge in [-0.05, 0) is 36.8 Å². The number of pyridine rings is 1. The zero-order chi connectivity index (χ0) is 18.7. The summed E-state index contributed by atoms with van der Waals surface area (Å²) in [6.07, 6.45) is 7.58. The highest BCUT2D eigenvalue weighted by Crippen LogP contribution is 2.30. The monoisotopic (exact) mass is 357 g/mol. The molecule has 0 saturated heterocycles. The van der Waals surface area contributed by atoms with E-state index in [2.05, 4.69) is 22.3 Å². The van der Waals surface area contributed by atoms with Gasteiger partial charge in [0.2, 0.25) is 5.91 Å². The molecule has 2 aromatic rings. The van der Waals surface area contributed by atoms with E-state index in [0.29, 0.717) is 5.82 Å². The molecule has 7 nitrogen and oxygen atoms in total. The molecule has 140 valence electrons. The lowest BCUT2D eigenvalue weighted by atomic mass is 9.79. The second-order valence-electron chi connectivity index (χ2n) is 7.27. The molecule has 26 heavy (non-hydrogen) atoms. The number of aromatic nitrogens is 3. The Hall–Kier alpha value is -2.25. The first-order chi connectivity index (χ1) is 12.5. The van der Waals surface area contributed by atoms with Crippen LogP contribution in [0.2, 0.25) is 0 Å². The fourth-order valence-corrected chi connectivity index (χ4v) is 3.65. The van der Waals surface area contributed by atoms with Crippen molar-refractivity contribution in [1.29, 1.82) is 0 Å². The van der Waals surface area contributed by atoms with Gasteiger partial charge in [-0.3, -0.25) is 9.48 Å². The lowest BCUT2D eigenvalue weighted by molar-refractivity contribution is -0.118. The number of nitrogens with one attached hydrogen (secondary N) is 1. The minimum atomic E-state index is -0.498. The second-order valence-corrected chi connectivity index (χ2v) is 7.27. The fraction of sp³-hybridized carbons (Fsp3) is 0.526. The molecule has 1 unspecified atom stereocenters. The van der Waals surface area contributed by atoms with Gasteiger partial charge in [-0.1, -0.05) is 19.8 Å². The van der Waals surface area contributed by atoms with Crippen molar-refractivity contribution in [2.45, 2.75) is 45.3 Å². The normalized spacial score (nSPS) is 21.4. The van der Waals surface area contributed by atoms with E-state index in [9.17, 15) is 9.90 Å². The number of aryl methyl sites for hydroxylation is 1. The van der Waals surface area contributed by atoms with Crippen molar-refractivity contribution in [3.63, 3.8) is 0 Å². The highest BCUT2D eigenvalue weighted by Gasteiger charge is 2.28. The standard InChI is InChI=1S/C19H27N5O2/c1-12-3-5-13(6-4-12)17(20)19(26)23-16-8-7-14(9-21-16)18-15(11-25)10-22-24(18)2/h7-10,12-13,17,25H,3-6,11,20H2,1-2H3,(H,21,23,26). The lowest BCUT2D eigenvalue weighted by Crippen LogP contribution is -2.43. The Morgan fingerprint density at radius 2 is 2.08 bits per heavy atom. The maximum atomic E-state index is 12.4. The van der Waals surface area contributed by atoms with Gasteiger partial charge in [-0.15, -0.1) is 0 Å². The number of nitrogens with two attached hydrogens (primary N) is 1. The number of aliphatic hydroxyl groups is 1. The smallest absolute Gasteiger partial charge is 0.242 e. The van der Waals surface area contributed by atoms with Crippen LogP contribution in [0.5, 0.6) is 0 Å². The summed E-state index contributed by atoms with van der Waals surface area (Å²) in [4.78, 5) is 16.8. The highest BCUT2D eigenvalue weighted by atomic mass is 16.3. The molecular formula is C19H27N5O2. The third-order valence-corrected chi connectivity index (χ3v) is 5.34. The molecule has 1 amide bonds. The van der Waals surface area contributed by atoms with Gasteiger partial charge in [0.25, 0.3) is 0 Å². The van der Waals surface area contributed by atoms with Gasteiger partial charge in [0.15, 0.2) is 0 Å². The van der Waals surface area contributed by atoms with Crippen LogP contribution >= 0.6 is 0 Å². The summed E-state index contributed by atoms with van der Waals surface area (Å²) in [6.45, 7) is 2.16. The summed E-state index contributed by atoms with van der Waals surface area (Å²) in [5.74, 6) is 1.27. The molecule has 0 aromatic carbocycles. The van der Waals surface area contributed by atoms with Crippen molar-refractivity contribution >= 4 is 11.7 Å². The molecule has 1 aliphatic rings. The van der Waals surface area contributed by atoms with Crippen LogP contribution in [0.4, 0.5) is 5.82 Å². The Kier molecular flexibility index (Phi) is 5.68. The van der Waals surface area contributed by atoms with Crippen LogP contribution in [-0.2, 0) is 18.4 Å². The van der Waals surface area contributed by atoms with E-state index < -0.39 is 6.04 Å². The van der Waals surface area contributed by atoms with Crippen molar-refractivity contribution in [3.05, 3.63) is 30.1 Å². The van der Waals surface area contributed by atoms with Crippen LogP contribution < -0.4 is 11.1 Å². The van der Waals surface area contributed by atoms with E-state index in [-0.39, 0.29) is 18.4 Å². The number of nitrogens with zero attached hydrogens (tertiary/aromatic N) is 3. The molecule has 2 heterocycles. The van der Waals surface area contributed by atoms with Crippen molar-refractivity contribution in [2.75, 3.05) is 5.32 Å². The molecule has 7 heteroatoms. The Morgan fingerprint density at radius 1 is 1.35 bits per heavy atom. The third kappa shape index (κ3) is 3.94. The minimum Gasteiger partial charge on any atom is -0.392 e. The van der Waals surface area contributed by atoms with Gasteiger partial charge in [-0.2, -0.15) is 5.10 Å². The number of rotatable bonds is 5. The third-order valence-electron chi connectivity index (χ3n) is 5.34. The van der Waals surface area contributed by atoms with E-state index in [1.54, 1.807) is 23.1 Å². The summed E-state index contributed by atoms with van der Waals surface area (Å²) in [5, 5.41) is 16.4. The molecule has 0 radical (unpaired) electrons. The maximum Gasteiger partial charge on any atom is 0.242 e. The number of anilines is 1. The molecule has 0 spiro atoms.